The molecule has 2 aliphatic heterocycles. The molecule has 5 heterocycles. The Morgan fingerprint density at radius 3 is 2.21 bits per heavy atom. The van der Waals surface area contributed by atoms with Crippen LogP contribution in [0.15, 0.2) is 63.9 Å². The van der Waals surface area contributed by atoms with Crippen LogP contribution in [0.1, 0.15) is 122 Å². The van der Waals surface area contributed by atoms with E-state index in [1.165, 1.54) is 16.0 Å². The first kappa shape index (κ1) is 67.0. The van der Waals surface area contributed by atoms with E-state index < -0.39 is 11.5 Å². The maximum Gasteiger partial charge on any atom is 0.246 e. The maximum atomic E-state index is 13.2. The number of carbonyl (C=O) groups is 3. The number of aryl methyl sites for hydroxylation is 2. The molecule has 3 aromatic heterocycles. The number of ether oxygens (including phenoxy) is 3. The number of methoxy groups -OCH3 is 1. The number of piperazine rings is 1. The van der Waals surface area contributed by atoms with Crippen LogP contribution in [0.25, 0.3) is 21.5 Å². The van der Waals surface area contributed by atoms with Gasteiger partial charge in [0.1, 0.15) is 35.6 Å². The van der Waals surface area contributed by atoms with Gasteiger partial charge >= 0.3 is 0 Å². The van der Waals surface area contributed by atoms with Crippen molar-refractivity contribution in [3.63, 3.8) is 0 Å². The van der Waals surface area contributed by atoms with E-state index in [0.29, 0.717) is 57.0 Å². The highest BCUT2D eigenvalue weighted by Crippen LogP contribution is 2.32. The van der Waals surface area contributed by atoms with Crippen molar-refractivity contribution in [1.82, 2.24) is 44.9 Å². The van der Waals surface area contributed by atoms with E-state index in [1.807, 2.05) is 59.4 Å². The van der Waals surface area contributed by atoms with E-state index >= 15 is 0 Å². The van der Waals surface area contributed by atoms with Crippen LogP contribution in [0, 0.1) is 19.3 Å². The minimum absolute atomic E-state index is 0.0896. The minimum atomic E-state index is -0.656. The van der Waals surface area contributed by atoms with Crippen LogP contribution in [-0.2, 0) is 28.6 Å². The number of fused-ring (bicyclic) bond motifs is 1. The number of unbranched alkanes of at least 4 members (excludes halogenated alkanes) is 1. The molecule has 2 atom stereocenters. The van der Waals surface area contributed by atoms with Gasteiger partial charge in [0.05, 0.1) is 40.1 Å². The summed E-state index contributed by atoms with van der Waals surface area (Å²) >= 11 is 1.67. The van der Waals surface area contributed by atoms with E-state index in [1.54, 1.807) is 23.7 Å². The quantitative estimate of drug-likeness (QED) is 0.0195. The van der Waals surface area contributed by atoms with Crippen molar-refractivity contribution < 1.29 is 33.7 Å². The van der Waals surface area contributed by atoms with Crippen molar-refractivity contribution in [3.8, 4) is 10.4 Å². The predicted octanol–water partition coefficient (Wildman–Crippen LogP) is 7.37. The van der Waals surface area contributed by atoms with Crippen LogP contribution in [0.2, 0.25) is 0 Å². The molecule has 2 unspecified atom stereocenters. The number of carbonyl (C=O) groups excluding carboxylic acids is 3. The molecule has 0 bridgehead atoms. The first-order chi connectivity index (χ1) is 38.5. The van der Waals surface area contributed by atoms with Gasteiger partial charge in [-0.25, -0.2) is 19.9 Å². The van der Waals surface area contributed by atoms with Crippen molar-refractivity contribution >= 4 is 59.3 Å². The number of nitrogens with one attached hydrogen (secondary N) is 3. The molecule has 1 aromatic carbocycles. The zero-order chi connectivity index (χ0) is 58.5. The highest BCUT2D eigenvalue weighted by molar-refractivity contribution is 7.13. The van der Waals surface area contributed by atoms with Crippen LogP contribution in [-0.4, -0.2) is 188 Å². The number of rotatable bonds is 30. The van der Waals surface area contributed by atoms with Crippen molar-refractivity contribution in [2.24, 2.45) is 21.1 Å². The van der Waals surface area contributed by atoms with E-state index in [-0.39, 0.29) is 36.5 Å². The average Bonchev–Trinajstić information content (AvgIpc) is 4.04. The minimum Gasteiger partial charge on any atom is -0.400 e. The van der Waals surface area contributed by atoms with Gasteiger partial charge in [-0.05, 0) is 108 Å². The Hall–Kier alpha value is -5.52. The molecule has 6 rings (SSSR count). The standard InChI is InChI=1S/C57H88N12O5S.CH3NO.CH4O/c1-42(2)69-45(5)63-48-38-61-51(37-49(48)69)64-50(58-9)20-25-59-40-68-28-22-57(72-10,23-29-68)21-27-67-32-30-66(31-33-67)26-13-34-73-35-14-36-74-39-52(70)65-54(56(6,7)8)55(71)60-24-12-11-15-43(3)46-16-18-47(19-17-46)53-44(4)62-41-75-53;2-1-3;1-2/h16-20,25,37-38,41-43,54H,9,11-15,21-24,26-36,39-40H2,1-8,10H3,(H,60,71)(H,61,64)(H,65,70);1H,(H2,2,3);2H,1H3/b50-20+,59-25-;;. The van der Waals surface area contributed by atoms with E-state index in [4.69, 9.17) is 24.1 Å². The number of benzene rings is 1. The molecular formula is C59H95N13O7S. The number of nitrogens with zero attached hydrogens (tertiary/aromatic N) is 9. The number of imidazole rings is 1. The largest absolute Gasteiger partial charge is 0.400 e. The number of aliphatic hydroxyl groups excluding tert-OH is 1. The van der Waals surface area contributed by atoms with Crippen molar-refractivity contribution in [2.75, 3.05) is 112 Å². The van der Waals surface area contributed by atoms with Crippen LogP contribution in [0.5, 0.6) is 0 Å². The summed E-state index contributed by atoms with van der Waals surface area (Å²) in [5, 5.41) is 16.2. The smallest absolute Gasteiger partial charge is 0.246 e. The summed E-state index contributed by atoms with van der Waals surface area (Å²) in [6, 6.07) is 10.4. The lowest BCUT2D eigenvalue weighted by Gasteiger charge is -2.42. The van der Waals surface area contributed by atoms with Gasteiger partial charge < -0.3 is 55.4 Å². The molecule has 20 nitrogen and oxygen atoms in total. The van der Waals surface area contributed by atoms with Crippen LogP contribution < -0.4 is 21.7 Å². The van der Waals surface area contributed by atoms with Gasteiger partial charge in [-0.2, -0.15) is 0 Å². The molecule has 0 aliphatic carbocycles. The number of aliphatic imine (C=N–C) groups is 2. The number of likely N-dealkylation sites (tertiary alicyclic amines) is 1. The molecule has 444 valence electrons. The molecule has 6 N–H and O–H groups in total. The molecule has 0 radical (unpaired) electrons. The summed E-state index contributed by atoms with van der Waals surface area (Å²) in [6.45, 7) is 31.3. The first-order valence-electron chi connectivity index (χ1n) is 28.3. The molecule has 80 heavy (non-hydrogen) atoms. The lowest BCUT2D eigenvalue weighted by atomic mass is 9.86. The molecule has 3 amide bonds. The SMILES string of the molecule is C=N/C(=C\C=N/CN1CCC(CCN2CCN(CCCOCCCOCC(=O)NC(C(=O)NCCCCC(C)c3ccc(-c4scnc4C)cc3)C(C)(C)C)CC2)(OC)CC1)Nc1cc2c(cn1)nc(C)n2C(C)C.CO.NC=O. The van der Waals surface area contributed by atoms with Crippen LogP contribution in [0.3, 0.4) is 0 Å². The number of anilines is 1. The average molecular weight is 1130 g/mol. The fourth-order valence-electron chi connectivity index (χ4n) is 10.0. The second kappa shape index (κ2) is 35.4. The number of thiazole rings is 1. The second-order valence-electron chi connectivity index (χ2n) is 21.9. The number of nitrogens with two attached hydrogens (primary N) is 1. The molecule has 4 aromatic rings. The monoisotopic (exact) mass is 1130 g/mol. The Balaban J connectivity index is 0.00000266. The lowest BCUT2D eigenvalue weighted by Crippen LogP contribution is -2.54. The Bertz CT molecular complexity index is 2510. The summed E-state index contributed by atoms with van der Waals surface area (Å²) in [7, 11) is 2.87. The first-order valence-corrected chi connectivity index (χ1v) is 29.2. The van der Waals surface area contributed by atoms with Crippen LogP contribution in [0.4, 0.5) is 5.82 Å². The van der Waals surface area contributed by atoms with Gasteiger partial charge in [0.2, 0.25) is 18.2 Å². The zero-order valence-electron chi connectivity index (χ0n) is 49.7. The molecular weight excluding hydrogens is 1030 g/mol. The Morgan fingerprint density at radius 2 is 1.59 bits per heavy atom. The number of piperidine rings is 1. The molecule has 0 saturated carbocycles. The Morgan fingerprint density at radius 1 is 0.925 bits per heavy atom. The van der Waals surface area contributed by atoms with Crippen molar-refractivity contribution in [2.45, 2.75) is 130 Å². The van der Waals surface area contributed by atoms with E-state index in [9.17, 15) is 9.59 Å². The number of aliphatic hydroxyl groups is 1. The van der Waals surface area contributed by atoms with Gasteiger partial charge in [0, 0.05) is 111 Å². The van der Waals surface area contributed by atoms with Crippen molar-refractivity contribution in [1.29, 1.82) is 0 Å². The van der Waals surface area contributed by atoms with Gasteiger partial charge in [0.15, 0.2) is 0 Å². The molecule has 0 spiro atoms. The highest BCUT2D eigenvalue weighted by Gasteiger charge is 2.35. The van der Waals surface area contributed by atoms with Gasteiger partial charge in [-0.3, -0.25) is 24.3 Å². The topological polar surface area (TPSA) is 239 Å². The van der Waals surface area contributed by atoms with Crippen LogP contribution >= 0.6 is 11.3 Å². The zero-order valence-corrected chi connectivity index (χ0v) is 50.5. The third kappa shape index (κ3) is 22.1. The van der Waals surface area contributed by atoms with Gasteiger partial charge in [-0.1, -0.05) is 58.4 Å². The third-order valence-corrected chi connectivity index (χ3v) is 15.7. The Kier molecular flexibility index (Phi) is 29.6. The summed E-state index contributed by atoms with van der Waals surface area (Å²) in [5.74, 6) is 2.21. The summed E-state index contributed by atoms with van der Waals surface area (Å²) in [4.78, 5) is 65.7. The van der Waals surface area contributed by atoms with E-state index in [2.05, 4.69) is 118 Å². The fraction of sp³-hybridized carbons (Fsp3) is 0.627. The maximum absolute atomic E-state index is 13.2. The lowest BCUT2D eigenvalue weighted by molar-refractivity contribution is -0.134. The van der Waals surface area contributed by atoms with Crippen molar-refractivity contribution in [3.05, 3.63) is 71.0 Å². The molecule has 2 aliphatic rings. The number of pyridine rings is 1. The normalized spacial score (nSPS) is 16.1. The van der Waals surface area contributed by atoms with Gasteiger partial charge in [-0.15, -0.1) is 11.3 Å². The molecule has 2 saturated heterocycles. The fourth-order valence-corrected chi connectivity index (χ4v) is 10.9. The predicted molar refractivity (Wildman–Crippen MR) is 324 cm³/mol. The number of amides is 3. The number of hydrogen-bond donors (Lipinski definition) is 5. The summed E-state index contributed by atoms with van der Waals surface area (Å²) in [5.41, 5.74) is 11.0. The summed E-state index contributed by atoms with van der Waals surface area (Å²) in [6.07, 6.45) is 13.3. The molecule has 2 fully saturated rings. The molecule has 21 heteroatoms. The number of allylic oxidation sites excluding steroid dienone is 1. The van der Waals surface area contributed by atoms with E-state index in [0.717, 1.165) is 127 Å². The summed E-state index contributed by atoms with van der Waals surface area (Å²) < 4.78 is 20.0. The third-order valence-electron chi connectivity index (χ3n) is 14.7. The van der Waals surface area contributed by atoms with Gasteiger partial charge in [0.25, 0.3) is 0 Å². The number of hydrogen-bond acceptors (Lipinski definition) is 17. The Labute approximate surface area is 480 Å². The second-order valence-corrected chi connectivity index (χ2v) is 22.7. The number of primary amides is 1. The highest BCUT2D eigenvalue weighted by atomic mass is 32.1. The number of aromatic nitrogens is 4.